The number of carbonyl (C=O) groups excluding carboxylic acids is 1. The van der Waals surface area contributed by atoms with E-state index in [1.807, 2.05) is 0 Å². The van der Waals surface area contributed by atoms with E-state index in [2.05, 4.69) is 10.6 Å². The average molecular weight is 334 g/mol. The molecule has 1 aliphatic rings. The number of amides is 2. The Hall–Kier alpha value is -1.83. The molecule has 0 saturated heterocycles. The summed E-state index contributed by atoms with van der Waals surface area (Å²) in [6.45, 7) is 0.269. The summed E-state index contributed by atoms with van der Waals surface area (Å²) in [7, 11) is 0. The molecule has 1 aliphatic carbocycles. The van der Waals surface area contributed by atoms with Crippen molar-refractivity contribution in [3.63, 3.8) is 0 Å². The smallest absolute Gasteiger partial charge is 0.393 e. The van der Waals surface area contributed by atoms with Crippen molar-refractivity contribution >= 4 is 11.7 Å². The van der Waals surface area contributed by atoms with Crippen molar-refractivity contribution < 1.29 is 27.5 Å². The van der Waals surface area contributed by atoms with Gasteiger partial charge in [0.1, 0.15) is 5.82 Å². The molecule has 0 aromatic heterocycles. The maximum Gasteiger partial charge on any atom is 0.418 e. The number of alkyl halides is 3. The first kappa shape index (κ1) is 17.5. The van der Waals surface area contributed by atoms with Crippen LogP contribution in [0.25, 0.3) is 0 Å². The van der Waals surface area contributed by atoms with Crippen molar-refractivity contribution in [2.45, 2.75) is 38.0 Å². The summed E-state index contributed by atoms with van der Waals surface area (Å²) >= 11 is 0. The summed E-state index contributed by atoms with van der Waals surface area (Å²) in [4.78, 5) is 11.8. The number of urea groups is 1. The van der Waals surface area contributed by atoms with E-state index in [0.29, 0.717) is 12.5 Å². The molecule has 0 bridgehead atoms. The number of benzene rings is 1. The van der Waals surface area contributed by atoms with Gasteiger partial charge >= 0.3 is 12.2 Å². The number of nitrogens with one attached hydrogen (secondary N) is 2. The van der Waals surface area contributed by atoms with Gasteiger partial charge in [-0.15, -0.1) is 0 Å². The van der Waals surface area contributed by atoms with Crippen LogP contribution in [0, 0.1) is 11.7 Å². The number of rotatable bonds is 3. The van der Waals surface area contributed by atoms with Crippen LogP contribution < -0.4 is 10.6 Å². The lowest BCUT2D eigenvalue weighted by Crippen LogP contribution is -2.36. The molecule has 1 fully saturated rings. The first-order valence-electron chi connectivity index (χ1n) is 7.35. The first-order chi connectivity index (χ1) is 10.8. The number of hydrogen-bond acceptors (Lipinski definition) is 2. The zero-order chi connectivity index (χ0) is 17.0. The fraction of sp³-hybridized carbons (Fsp3) is 0.533. The maximum atomic E-state index is 13.0. The zero-order valence-corrected chi connectivity index (χ0v) is 12.3. The molecule has 4 nitrogen and oxygen atoms in total. The van der Waals surface area contributed by atoms with Crippen LogP contribution in [-0.4, -0.2) is 23.8 Å². The van der Waals surface area contributed by atoms with Gasteiger partial charge in [-0.25, -0.2) is 9.18 Å². The van der Waals surface area contributed by atoms with Crippen LogP contribution in [0.5, 0.6) is 0 Å². The van der Waals surface area contributed by atoms with Crippen molar-refractivity contribution in [3.05, 3.63) is 29.6 Å². The second-order valence-electron chi connectivity index (χ2n) is 5.71. The quantitative estimate of drug-likeness (QED) is 0.741. The molecule has 0 heterocycles. The minimum atomic E-state index is -4.77. The molecule has 3 N–H and O–H groups in total. The summed E-state index contributed by atoms with van der Waals surface area (Å²) in [6.07, 6.45) is -2.17. The highest BCUT2D eigenvalue weighted by atomic mass is 19.4. The third-order valence-electron chi connectivity index (χ3n) is 3.84. The van der Waals surface area contributed by atoms with Crippen molar-refractivity contribution in [1.82, 2.24) is 5.32 Å². The summed E-state index contributed by atoms with van der Waals surface area (Å²) in [5, 5.41) is 14.1. The lowest BCUT2D eigenvalue weighted by Gasteiger charge is -2.26. The number of hydrogen-bond donors (Lipinski definition) is 3. The Bertz CT molecular complexity index is 563. The van der Waals surface area contributed by atoms with Gasteiger partial charge in [0, 0.05) is 6.54 Å². The molecular formula is C15H18F4N2O2. The zero-order valence-electron chi connectivity index (χ0n) is 12.3. The number of halogens is 4. The van der Waals surface area contributed by atoms with Crippen LogP contribution in [0.4, 0.5) is 28.0 Å². The second-order valence-corrected chi connectivity index (χ2v) is 5.71. The monoisotopic (exact) mass is 334 g/mol. The molecule has 8 heteroatoms. The normalized spacial score (nSPS) is 21.8. The molecule has 1 aromatic carbocycles. The fourth-order valence-electron chi connectivity index (χ4n) is 2.71. The van der Waals surface area contributed by atoms with Crippen LogP contribution in [0.3, 0.4) is 0 Å². The van der Waals surface area contributed by atoms with Crippen LogP contribution >= 0.6 is 0 Å². The molecule has 1 aromatic rings. The Morgan fingerprint density at radius 3 is 2.70 bits per heavy atom. The molecule has 0 spiro atoms. The largest absolute Gasteiger partial charge is 0.418 e. The van der Waals surface area contributed by atoms with Gasteiger partial charge in [0.15, 0.2) is 0 Å². The van der Waals surface area contributed by atoms with E-state index in [-0.39, 0.29) is 12.5 Å². The van der Waals surface area contributed by atoms with Gasteiger partial charge in [0.05, 0.1) is 17.4 Å². The van der Waals surface area contributed by atoms with Crippen molar-refractivity contribution in [2.75, 3.05) is 11.9 Å². The van der Waals surface area contributed by atoms with Crippen molar-refractivity contribution in [2.24, 2.45) is 5.92 Å². The van der Waals surface area contributed by atoms with E-state index < -0.39 is 35.4 Å². The highest BCUT2D eigenvalue weighted by Gasteiger charge is 2.34. The molecule has 1 saturated carbocycles. The molecule has 0 radical (unpaired) electrons. The van der Waals surface area contributed by atoms with Crippen molar-refractivity contribution in [1.29, 1.82) is 0 Å². The highest BCUT2D eigenvalue weighted by Crippen LogP contribution is 2.35. The van der Waals surface area contributed by atoms with E-state index in [9.17, 15) is 27.5 Å². The van der Waals surface area contributed by atoms with Gasteiger partial charge in [0.2, 0.25) is 0 Å². The fourth-order valence-corrected chi connectivity index (χ4v) is 2.71. The van der Waals surface area contributed by atoms with Gasteiger partial charge in [-0.3, -0.25) is 0 Å². The molecular weight excluding hydrogens is 316 g/mol. The molecule has 0 aliphatic heterocycles. The summed E-state index contributed by atoms with van der Waals surface area (Å²) in [5.74, 6) is -0.931. The van der Waals surface area contributed by atoms with E-state index in [1.165, 1.54) is 0 Å². The van der Waals surface area contributed by atoms with Crippen molar-refractivity contribution in [3.8, 4) is 0 Å². The van der Waals surface area contributed by atoms with Gasteiger partial charge in [0.25, 0.3) is 0 Å². The van der Waals surface area contributed by atoms with Crippen LogP contribution in [0.15, 0.2) is 18.2 Å². The maximum absolute atomic E-state index is 13.0. The third kappa shape index (κ3) is 5.09. The van der Waals surface area contributed by atoms with Gasteiger partial charge in [-0.05, 0) is 43.4 Å². The second kappa shape index (κ2) is 7.16. The van der Waals surface area contributed by atoms with E-state index in [1.54, 1.807) is 0 Å². The third-order valence-corrected chi connectivity index (χ3v) is 3.84. The Morgan fingerprint density at radius 2 is 2.04 bits per heavy atom. The molecule has 2 amide bonds. The van der Waals surface area contributed by atoms with Gasteiger partial charge in [-0.1, -0.05) is 6.42 Å². The summed E-state index contributed by atoms with van der Waals surface area (Å²) in [5.41, 5.74) is -1.74. The van der Waals surface area contributed by atoms with Gasteiger partial charge in [-0.2, -0.15) is 13.2 Å². The predicted octanol–water partition coefficient (Wildman–Crippen LogP) is 3.52. The Morgan fingerprint density at radius 1 is 1.30 bits per heavy atom. The van der Waals surface area contributed by atoms with Crippen LogP contribution in [0.2, 0.25) is 0 Å². The van der Waals surface area contributed by atoms with Crippen LogP contribution in [0.1, 0.15) is 31.2 Å². The lowest BCUT2D eigenvalue weighted by atomic mass is 9.87. The Kier molecular flexibility index (Phi) is 5.46. The molecule has 128 valence electrons. The number of aliphatic hydroxyl groups is 1. The standard InChI is InChI=1S/C15H18F4N2O2/c16-10-4-5-13(12(7-10)15(17,18)19)21-14(23)20-8-9-2-1-3-11(22)6-9/h4-5,7,9,11,22H,1-3,6,8H2,(H2,20,21,23). The molecule has 2 unspecified atom stereocenters. The number of anilines is 1. The van der Waals surface area contributed by atoms with Crippen LogP contribution in [-0.2, 0) is 6.18 Å². The van der Waals surface area contributed by atoms with E-state index in [4.69, 9.17) is 0 Å². The minimum absolute atomic E-state index is 0.0970. The Balaban J connectivity index is 1.95. The average Bonchev–Trinajstić information content (AvgIpc) is 2.46. The van der Waals surface area contributed by atoms with E-state index in [0.717, 1.165) is 31.4 Å². The molecule has 2 atom stereocenters. The van der Waals surface area contributed by atoms with E-state index >= 15 is 0 Å². The highest BCUT2D eigenvalue weighted by molar-refractivity contribution is 5.90. The lowest BCUT2D eigenvalue weighted by molar-refractivity contribution is -0.137. The summed E-state index contributed by atoms with van der Waals surface area (Å²) < 4.78 is 51.5. The minimum Gasteiger partial charge on any atom is -0.393 e. The topological polar surface area (TPSA) is 61.4 Å². The van der Waals surface area contributed by atoms with Gasteiger partial charge < -0.3 is 15.7 Å². The number of aliphatic hydroxyl groups excluding tert-OH is 1. The first-order valence-corrected chi connectivity index (χ1v) is 7.35. The number of carbonyl (C=O) groups is 1. The predicted molar refractivity (Wildman–Crippen MR) is 76.4 cm³/mol. The molecule has 23 heavy (non-hydrogen) atoms. The Labute approximate surface area is 130 Å². The SMILES string of the molecule is O=C(NCC1CCCC(O)C1)Nc1ccc(F)cc1C(F)(F)F. The summed E-state index contributed by atoms with van der Waals surface area (Å²) in [6, 6.07) is 1.28. The molecule has 2 rings (SSSR count).